The van der Waals surface area contributed by atoms with E-state index >= 15 is 0 Å². The van der Waals surface area contributed by atoms with E-state index in [4.69, 9.17) is 0 Å². The van der Waals surface area contributed by atoms with Crippen molar-refractivity contribution in [3.05, 3.63) is 70.8 Å². The van der Waals surface area contributed by atoms with Gasteiger partial charge in [-0.1, -0.05) is 55.5 Å². The highest BCUT2D eigenvalue weighted by Crippen LogP contribution is 2.24. The fraction of sp³-hybridized carbons (Fsp3) is 0.400. The maximum atomic E-state index is 3.60. The normalized spacial score (nSPS) is 12.3. The van der Waals surface area contributed by atoms with Crippen molar-refractivity contribution in [3.63, 3.8) is 0 Å². The van der Waals surface area contributed by atoms with Crippen LogP contribution in [0.1, 0.15) is 41.5 Å². The van der Waals surface area contributed by atoms with Crippen LogP contribution >= 0.6 is 0 Å². The average Bonchev–Trinajstić information content (AvgIpc) is 2.49. The predicted octanol–water partition coefficient (Wildman–Crippen LogP) is 4.63. The van der Waals surface area contributed by atoms with Crippen molar-refractivity contribution in [1.82, 2.24) is 5.32 Å². The molecule has 1 N–H and O–H groups in total. The molecule has 0 radical (unpaired) electrons. The van der Waals surface area contributed by atoms with Gasteiger partial charge in [-0.15, -0.1) is 0 Å². The molecular weight excluding hydrogens is 254 g/mol. The van der Waals surface area contributed by atoms with Gasteiger partial charge in [-0.25, -0.2) is 0 Å². The van der Waals surface area contributed by atoms with Crippen LogP contribution in [0.25, 0.3) is 0 Å². The van der Waals surface area contributed by atoms with Crippen molar-refractivity contribution in [2.75, 3.05) is 13.1 Å². The quantitative estimate of drug-likeness (QED) is 0.730. The molecule has 0 bridgehead atoms. The molecule has 1 unspecified atom stereocenters. The summed E-state index contributed by atoms with van der Waals surface area (Å²) < 4.78 is 0. The van der Waals surface area contributed by atoms with Crippen LogP contribution in [0.5, 0.6) is 0 Å². The lowest BCUT2D eigenvalue weighted by molar-refractivity contribution is 0.574. The van der Waals surface area contributed by atoms with Crippen LogP contribution in [-0.4, -0.2) is 13.1 Å². The summed E-state index contributed by atoms with van der Waals surface area (Å²) in [7, 11) is 0. The molecule has 0 amide bonds. The SMILES string of the molecule is CCCNCC(Cc1ccccc1C)c1ccccc1C. The van der Waals surface area contributed by atoms with E-state index in [1.807, 2.05) is 0 Å². The Balaban J connectivity index is 2.20. The maximum Gasteiger partial charge on any atom is 0.00234 e. The Kier molecular flexibility index (Phi) is 6.01. The number of benzene rings is 2. The van der Waals surface area contributed by atoms with Crippen molar-refractivity contribution in [1.29, 1.82) is 0 Å². The van der Waals surface area contributed by atoms with Crippen LogP contribution in [0.2, 0.25) is 0 Å². The molecule has 2 aromatic rings. The first-order valence-electron chi connectivity index (χ1n) is 8.03. The number of nitrogens with one attached hydrogen (secondary N) is 1. The first kappa shape index (κ1) is 15.8. The molecule has 0 heterocycles. The van der Waals surface area contributed by atoms with Gasteiger partial charge in [0.2, 0.25) is 0 Å². The molecule has 0 aliphatic rings. The Morgan fingerprint density at radius 1 is 0.905 bits per heavy atom. The van der Waals surface area contributed by atoms with Crippen molar-refractivity contribution in [2.45, 2.75) is 39.5 Å². The number of hydrogen-bond acceptors (Lipinski definition) is 1. The zero-order valence-corrected chi connectivity index (χ0v) is 13.5. The van der Waals surface area contributed by atoms with Gasteiger partial charge < -0.3 is 5.32 Å². The van der Waals surface area contributed by atoms with E-state index in [1.165, 1.54) is 28.7 Å². The highest BCUT2D eigenvalue weighted by molar-refractivity contribution is 5.33. The van der Waals surface area contributed by atoms with Gasteiger partial charge in [0.15, 0.2) is 0 Å². The molecule has 2 aromatic carbocycles. The summed E-state index contributed by atoms with van der Waals surface area (Å²) in [6, 6.07) is 17.5. The van der Waals surface area contributed by atoms with Crippen molar-refractivity contribution < 1.29 is 0 Å². The molecule has 1 nitrogen and oxygen atoms in total. The molecule has 1 atom stereocenters. The summed E-state index contributed by atoms with van der Waals surface area (Å²) in [5, 5.41) is 3.60. The second-order valence-electron chi connectivity index (χ2n) is 5.89. The van der Waals surface area contributed by atoms with Crippen LogP contribution in [0.15, 0.2) is 48.5 Å². The van der Waals surface area contributed by atoms with Crippen molar-refractivity contribution >= 4 is 0 Å². The first-order valence-corrected chi connectivity index (χ1v) is 8.03. The molecule has 0 aromatic heterocycles. The van der Waals surface area contributed by atoms with E-state index in [-0.39, 0.29) is 0 Å². The highest BCUT2D eigenvalue weighted by atomic mass is 14.8. The van der Waals surface area contributed by atoms with Gasteiger partial charge in [0, 0.05) is 12.5 Å². The number of rotatable bonds is 7. The van der Waals surface area contributed by atoms with Crippen LogP contribution in [0, 0.1) is 13.8 Å². The van der Waals surface area contributed by atoms with E-state index in [0.29, 0.717) is 5.92 Å². The average molecular weight is 281 g/mol. The summed E-state index contributed by atoms with van der Waals surface area (Å²) in [6.45, 7) is 8.80. The minimum atomic E-state index is 0.541. The Bertz CT molecular complexity index is 559. The zero-order chi connectivity index (χ0) is 15.1. The molecule has 0 aliphatic carbocycles. The topological polar surface area (TPSA) is 12.0 Å². The third-order valence-electron chi connectivity index (χ3n) is 4.17. The monoisotopic (exact) mass is 281 g/mol. The van der Waals surface area contributed by atoms with Gasteiger partial charge in [-0.05, 0) is 55.5 Å². The van der Waals surface area contributed by atoms with Gasteiger partial charge >= 0.3 is 0 Å². The Morgan fingerprint density at radius 2 is 1.57 bits per heavy atom. The lowest BCUT2D eigenvalue weighted by Crippen LogP contribution is -2.24. The molecule has 1 heteroatoms. The largest absolute Gasteiger partial charge is 0.316 e. The fourth-order valence-corrected chi connectivity index (χ4v) is 2.89. The molecule has 0 saturated heterocycles. The molecule has 0 saturated carbocycles. The Hall–Kier alpha value is -1.60. The van der Waals surface area contributed by atoms with E-state index < -0.39 is 0 Å². The van der Waals surface area contributed by atoms with Gasteiger partial charge in [-0.3, -0.25) is 0 Å². The summed E-state index contributed by atoms with van der Waals surface area (Å²) >= 11 is 0. The zero-order valence-electron chi connectivity index (χ0n) is 13.5. The van der Waals surface area contributed by atoms with E-state index in [1.54, 1.807) is 0 Å². The van der Waals surface area contributed by atoms with Gasteiger partial charge in [0.25, 0.3) is 0 Å². The molecule has 2 rings (SSSR count). The predicted molar refractivity (Wildman–Crippen MR) is 92.0 cm³/mol. The number of hydrogen-bond donors (Lipinski definition) is 1. The molecular formula is C20H27N. The van der Waals surface area contributed by atoms with Crippen LogP contribution in [0.3, 0.4) is 0 Å². The summed E-state index contributed by atoms with van der Waals surface area (Å²) in [4.78, 5) is 0. The minimum absolute atomic E-state index is 0.541. The minimum Gasteiger partial charge on any atom is -0.316 e. The number of aryl methyl sites for hydroxylation is 2. The lowest BCUT2D eigenvalue weighted by atomic mass is 9.88. The molecule has 0 spiro atoms. The van der Waals surface area contributed by atoms with Gasteiger partial charge in [0.05, 0.1) is 0 Å². The molecule has 112 valence electrons. The van der Waals surface area contributed by atoms with Gasteiger partial charge in [0.1, 0.15) is 0 Å². The van der Waals surface area contributed by atoms with Crippen LogP contribution in [0.4, 0.5) is 0 Å². The van der Waals surface area contributed by atoms with E-state index in [9.17, 15) is 0 Å². The fourth-order valence-electron chi connectivity index (χ4n) is 2.89. The Labute approximate surface area is 129 Å². The van der Waals surface area contributed by atoms with Crippen LogP contribution < -0.4 is 5.32 Å². The van der Waals surface area contributed by atoms with E-state index in [0.717, 1.165) is 19.5 Å². The molecule has 0 fully saturated rings. The van der Waals surface area contributed by atoms with E-state index in [2.05, 4.69) is 74.6 Å². The van der Waals surface area contributed by atoms with Crippen molar-refractivity contribution in [3.8, 4) is 0 Å². The summed E-state index contributed by atoms with van der Waals surface area (Å²) in [6.07, 6.45) is 2.29. The molecule has 21 heavy (non-hydrogen) atoms. The smallest absolute Gasteiger partial charge is 0.00234 e. The second kappa shape index (κ2) is 7.99. The van der Waals surface area contributed by atoms with Crippen molar-refractivity contribution in [2.24, 2.45) is 0 Å². The van der Waals surface area contributed by atoms with Crippen LogP contribution in [-0.2, 0) is 6.42 Å². The summed E-state index contributed by atoms with van der Waals surface area (Å²) in [5.41, 5.74) is 5.73. The van der Waals surface area contributed by atoms with Gasteiger partial charge in [-0.2, -0.15) is 0 Å². The second-order valence-corrected chi connectivity index (χ2v) is 5.89. The maximum absolute atomic E-state index is 3.60. The lowest BCUT2D eigenvalue weighted by Gasteiger charge is -2.21. The Morgan fingerprint density at radius 3 is 2.24 bits per heavy atom. The highest BCUT2D eigenvalue weighted by Gasteiger charge is 2.15. The third kappa shape index (κ3) is 4.44. The third-order valence-corrected chi connectivity index (χ3v) is 4.17. The summed E-state index contributed by atoms with van der Waals surface area (Å²) in [5.74, 6) is 0.541. The first-order chi connectivity index (χ1) is 10.2. The standard InChI is InChI=1S/C20H27N/c1-4-13-21-15-19(20-12-8-6-10-17(20)3)14-18-11-7-5-9-16(18)2/h5-12,19,21H,4,13-15H2,1-3H3. The molecule has 0 aliphatic heterocycles.